The summed E-state index contributed by atoms with van der Waals surface area (Å²) in [6, 6.07) is 5.89. The maximum atomic E-state index is 12.1. The topological polar surface area (TPSA) is 71.2 Å². The highest BCUT2D eigenvalue weighted by atomic mass is 16.5. The van der Waals surface area contributed by atoms with Gasteiger partial charge in [-0.25, -0.2) is 4.79 Å². The van der Waals surface area contributed by atoms with E-state index in [4.69, 9.17) is 0 Å². The Kier molecular flexibility index (Phi) is 4.20. The molecule has 1 amide bonds. The molecule has 0 saturated heterocycles. The van der Waals surface area contributed by atoms with Crippen LogP contribution in [0, 0.1) is 6.92 Å². The zero-order valence-corrected chi connectivity index (χ0v) is 11.4. The van der Waals surface area contributed by atoms with Gasteiger partial charge in [-0.3, -0.25) is 4.79 Å². The highest BCUT2D eigenvalue weighted by Gasteiger charge is 2.10. The quantitative estimate of drug-likeness (QED) is 0.660. The van der Waals surface area contributed by atoms with Crippen molar-refractivity contribution >= 4 is 22.8 Å². The van der Waals surface area contributed by atoms with Gasteiger partial charge in [0.15, 0.2) is 0 Å². The number of carbonyl (C=O) groups is 2. The molecule has 0 atom stereocenters. The fourth-order valence-electron chi connectivity index (χ4n) is 1.89. The lowest BCUT2D eigenvalue weighted by molar-refractivity contribution is -0.134. The summed E-state index contributed by atoms with van der Waals surface area (Å²) < 4.78 is 4.46. The van der Waals surface area contributed by atoms with Crippen LogP contribution >= 0.6 is 0 Å². The molecule has 0 saturated carbocycles. The minimum absolute atomic E-state index is 0.184. The first-order valence-electron chi connectivity index (χ1n) is 6.22. The van der Waals surface area contributed by atoms with Crippen molar-refractivity contribution in [2.75, 3.05) is 13.7 Å². The fraction of sp³-hybridized carbons (Fsp3) is 0.200. The molecule has 2 rings (SSSR count). The molecule has 1 heterocycles. The summed E-state index contributed by atoms with van der Waals surface area (Å²) in [6.07, 6.45) is 4.51. The van der Waals surface area contributed by atoms with E-state index in [1.807, 2.05) is 25.1 Å². The van der Waals surface area contributed by atoms with Gasteiger partial charge >= 0.3 is 5.97 Å². The average molecular weight is 272 g/mol. The number of aromatic nitrogens is 1. The molecule has 5 heteroatoms. The number of carbonyl (C=O) groups excluding carboxylic acids is 2. The summed E-state index contributed by atoms with van der Waals surface area (Å²) in [6.45, 7) is 2.25. The molecule has 0 aliphatic rings. The van der Waals surface area contributed by atoms with Crippen molar-refractivity contribution < 1.29 is 14.3 Å². The van der Waals surface area contributed by atoms with Gasteiger partial charge in [0.1, 0.15) is 0 Å². The zero-order chi connectivity index (χ0) is 14.5. The predicted octanol–water partition coefficient (Wildman–Crippen LogP) is 1.94. The smallest absolute Gasteiger partial charge is 0.330 e. The molecule has 0 unspecified atom stereocenters. The first kappa shape index (κ1) is 13.9. The molecule has 0 radical (unpaired) electrons. The molecule has 1 aromatic carbocycles. The van der Waals surface area contributed by atoms with Gasteiger partial charge in [-0.05, 0) is 19.1 Å². The molecule has 0 fully saturated rings. The number of amides is 1. The van der Waals surface area contributed by atoms with Gasteiger partial charge in [0, 0.05) is 29.7 Å². The molecule has 0 spiro atoms. The third-order valence-electron chi connectivity index (χ3n) is 2.92. The van der Waals surface area contributed by atoms with Crippen molar-refractivity contribution in [3.05, 3.63) is 47.7 Å². The number of H-pyrrole nitrogens is 1. The van der Waals surface area contributed by atoms with Crippen LogP contribution < -0.4 is 5.32 Å². The average Bonchev–Trinajstić information content (AvgIpc) is 2.86. The third kappa shape index (κ3) is 3.06. The number of fused-ring (bicyclic) bond motifs is 1. The van der Waals surface area contributed by atoms with E-state index in [1.165, 1.54) is 13.2 Å². The van der Waals surface area contributed by atoms with Gasteiger partial charge in [0.05, 0.1) is 12.7 Å². The summed E-state index contributed by atoms with van der Waals surface area (Å²) in [5.74, 6) is -0.627. The molecule has 2 N–H and O–H groups in total. The van der Waals surface area contributed by atoms with E-state index in [9.17, 15) is 9.59 Å². The van der Waals surface area contributed by atoms with E-state index < -0.39 is 5.97 Å². The van der Waals surface area contributed by atoms with Crippen LogP contribution in [0.25, 0.3) is 10.9 Å². The first-order chi connectivity index (χ1) is 9.61. The van der Waals surface area contributed by atoms with Crippen LogP contribution in [-0.4, -0.2) is 30.5 Å². The lowest BCUT2D eigenvalue weighted by Gasteiger charge is -2.01. The lowest BCUT2D eigenvalue weighted by Crippen LogP contribution is -2.23. The van der Waals surface area contributed by atoms with E-state index >= 15 is 0 Å². The number of hydrogen-bond donors (Lipinski definition) is 2. The second-order valence-corrected chi connectivity index (χ2v) is 4.39. The van der Waals surface area contributed by atoms with Crippen molar-refractivity contribution in [3.8, 4) is 0 Å². The van der Waals surface area contributed by atoms with Crippen LogP contribution in [0.3, 0.4) is 0 Å². The number of hydrogen-bond acceptors (Lipinski definition) is 3. The van der Waals surface area contributed by atoms with E-state index in [0.29, 0.717) is 5.56 Å². The monoisotopic (exact) mass is 272 g/mol. The fourth-order valence-corrected chi connectivity index (χ4v) is 1.89. The number of aromatic amines is 1. The van der Waals surface area contributed by atoms with Gasteiger partial charge in [0.2, 0.25) is 0 Å². The number of ether oxygens (including phenoxy) is 1. The van der Waals surface area contributed by atoms with Crippen molar-refractivity contribution in [1.29, 1.82) is 0 Å². The molecule has 5 nitrogen and oxygen atoms in total. The molecule has 2 aromatic rings. The Balaban J connectivity index is 2.06. The molecule has 1 aromatic heterocycles. The number of nitrogens with one attached hydrogen (secondary N) is 2. The van der Waals surface area contributed by atoms with Crippen molar-refractivity contribution in [2.24, 2.45) is 0 Å². The van der Waals surface area contributed by atoms with Gasteiger partial charge < -0.3 is 15.0 Å². The zero-order valence-electron chi connectivity index (χ0n) is 11.4. The number of methoxy groups -OCH3 is 1. The van der Waals surface area contributed by atoms with Crippen molar-refractivity contribution in [2.45, 2.75) is 6.92 Å². The Morgan fingerprint density at radius 2 is 2.20 bits per heavy atom. The van der Waals surface area contributed by atoms with Gasteiger partial charge in [-0.15, -0.1) is 0 Å². The lowest BCUT2D eigenvalue weighted by atomic mass is 10.1. The summed E-state index contributed by atoms with van der Waals surface area (Å²) in [7, 11) is 1.31. The number of benzene rings is 1. The maximum absolute atomic E-state index is 12.1. The molecule has 0 aliphatic heterocycles. The molecule has 0 bridgehead atoms. The van der Waals surface area contributed by atoms with Crippen LogP contribution in [0.5, 0.6) is 0 Å². The first-order valence-corrected chi connectivity index (χ1v) is 6.22. The van der Waals surface area contributed by atoms with E-state index in [0.717, 1.165) is 16.5 Å². The largest absolute Gasteiger partial charge is 0.466 e. The molecular formula is C15H16N2O3. The Hall–Kier alpha value is -2.56. The summed E-state index contributed by atoms with van der Waals surface area (Å²) in [4.78, 5) is 26.0. The normalized spacial score (nSPS) is 10.9. The second kappa shape index (κ2) is 6.06. The van der Waals surface area contributed by atoms with Gasteiger partial charge in [-0.1, -0.05) is 17.7 Å². The summed E-state index contributed by atoms with van der Waals surface area (Å²) in [5, 5.41) is 3.61. The number of aryl methyl sites for hydroxylation is 1. The standard InChI is InChI=1S/C15H16N2O3/c1-10-5-6-13-11(8-10)12(9-17-13)15(19)16-7-3-4-14(18)20-2/h3-6,8-9,17H,7H2,1-2H3,(H,16,19)/b4-3+. The summed E-state index contributed by atoms with van der Waals surface area (Å²) >= 11 is 0. The van der Waals surface area contributed by atoms with Gasteiger partial charge in [0.25, 0.3) is 5.91 Å². The highest BCUT2D eigenvalue weighted by molar-refractivity contribution is 6.06. The molecule has 104 valence electrons. The van der Waals surface area contributed by atoms with E-state index in [-0.39, 0.29) is 12.5 Å². The highest BCUT2D eigenvalue weighted by Crippen LogP contribution is 2.19. The van der Waals surface area contributed by atoms with Crippen LogP contribution in [0.4, 0.5) is 0 Å². The Morgan fingerprint density at radius 1 is 1.40 bits per heavy atom. The SMILES string of the molecule is COC(=O)/C=C/CNC(=O)c1c[nH]c2ccc(C)cc12. The van der Waals surface area contributed by atoms with Crippen LogP contribution in [0.15, 0.2) is 36.5 Å². The van der Waals surface area contributed by atoms with Crippen molar-refractivity contribution in [3.63, 3.8) is 0 Å². The van der Waals surface area contributed by atoms with Crippen LogP contribution in [0.1, 0.15) is 15.9 Å². The van der Waals surface area contributed by atoms with Crippen molar-refractivity contribution in [1.82, 2.24) is 10.3 Å². The van der Waals surface area contributed by atoms with E-state index in [2.05, 4.69) is 15.0 Å². The molecule has 20 heavy (non-hydrogen) atoms. The minimum atomic E-state index is -0.443. The maximum Gasteiger partial charge on any atom is 0.330 e. The Labute approximate surface area is 116 Å². The predicted molar refractivity (Wildman–Crippen MR) is 76.5 cm³/mol. The minimum Gasteiger partial charge on any atom is -0.466 e. The van der Waals surface area contributed by atoms with E-state index in [1.54, 1.807) is 12.3 Å². The summed E-state index contributed by atoms with van der Waals surface area (Å²) in [5.41, 5.74) is 2.61. The molecular weight excluding hydrogens is 256 g/mol. The molecule has 0 aliphatic carbocycles. The van der Waals surface area contributed by atoms with Crippen LogP contribution in [-0.2, 0) is 9.53 Å². The number of rotatable bonds is 4. The number of esters is 1. The third-order valence-corrected chi connectivity index (χ3v) is 2.92. The Bertz CT molecular complexity index is 671. The Morgan fingerprint density at radius 3 is 2.95 bits per heavy atom. The second-order valence-electron chi connectivity index (χ2n) is 4.39. The van der Waals surface area contributed by atoms with Crippen LogP contribution in [0.2, 0.25) is 0 Å². The van der Waals surface area contributed by atoms with Gasteiger partial charge in [-0.2, -0.15) is 0 Å².